The van der Waals surface area contributed by atoms with Gasteiger partial charge < -0.3 is 20.1 Å². The van der Waals surface area contributed by atoms with Crippen LogP contribution in [0, 0.1) is 5.41 Å². The lowest BCUT2D eigenvalue weighted by Gasteiger charge is -2.23. The molecule has 0 bridgehead atoms. The molecule has 1 fully saturated rings. The normalized spacial score (nSPS) is 19.8. The Morgan fingerprint density at radius 2 is 1.78 bits per heavy atom. The summed E-state index contributed by atoms with van der Waals surface area (Å²) in [5, 5.41) is 12.0. The number of benzene rings is 1. The van der Waals surface area contributed by atoms with Crippen LogP contribution in [-0.4, -0.2) is 60.1 Å². The number of rotatable bonds is 6. The number of hydrogen-bond donors (Lipinski definition) is 2. The molecule has 2 amide bonds. The number of nitrogens with zero attached hydrogens (tertiary/aromatic N) is 1. The first-order valence-corrected chi connectivity index (χ1v) is 9.04. The van der Waals surface area contributed by atoms with Gasteiger partial charge in [-0.2, -0.15) is 0 Å². The standard InChI is InChI=1S/C20H28N2O5/c1-20(2,3)12-21-18(25)13-5-7-14(8-6-13)19(26)22-11-16(27-4)9-15(22)10-17(23)24/h5-8,15-16H,9-12H2,1-4H3,(H,21,25)(H,23,24)/t15-,16+/m1/s1. The van der Waals surface area contributed by atoms with Gasteiger partial charge in [-0.15, -0.1) is 0 Å². The number of likely N-dealkylation sites (tertiary alicyclic amines) is 1. The minimum atomic E-state index is -0.944. The fourth-order valence-corrected chi connectivity index (χ4v) is 3.07. The molecule has 0 aliphatic carbocycles. The highest BCUT2D eigenvalue weighted by atomic mass is 16.5. The Hall–Kier alpha value is -2.41. The number of hydrogen-bond acceptors (Lipinski definition) is 4. The van der Waals surface area contributed by atoms with Crippen LogP contribution >= 0.6 is 0 Å². The predicted octanol–water partition coefficient (Wildman–Crippen LogP) is 2.17. The van der Waals surface area contributed by atoms with Crippen molar-refractivity contribution in [2.75, 3.05) is 20.2 Å². The van der Waals surface area contributed by atoms with Crippen LogP contribution in [0.5, 0.6) is 0 Å². The van der Waals surface area contributed by atoms with E-state index in [1.165, 1.54) is 0 Å². The molecule has 1 saturated heterocycles. The van der Waals surface area contributed by atoms with Gasteiger partial charge in [0, 0.05) is 37.4 Å². The van der Waals surface area contributed by atoms with E-state index in [9.17, 15) is 14.4 Å². The number of carboxylic acids is 1. The predicted molar refractivity (Wildman–Crippen MR) is 101 cm³/mol. The van der Waals surface area contributed by atoms with E-state index in [0.717, 1.165) is 0 Å². The summed E-state index contributed by atoms with van der Waals surface area (Å²) in [6, 6.07) is 6.04. The second-order valence-corrected chi connectivity index (χ2v) is 8.12. The molecule has 1 aromatic rings. The Bertz CT molecular complexity index is 693. The first-order valence-electron chi connectivity index (χ1n) is 9.04. The van der Waals surface area contributed by atoms with Crippen LogP contribution in [0.2, 0.25) is 0 Å². The summed E-state index contributed by atoms with van der Waals surface area (Å²) in [6.45, 7) is 7.01. The quantitative estimate of drug-likeness (QED) is 0.793. The maximum Gasteiger partial charge on any atom is 0.305 e. The molecule has 148 valence electrons. The van der Waals surface area contributed by atoms with E-state index in [4.69, 9.17) is 9.84 Å². The summed E-state index contributed by atoms with van der Waals surface area (Å²) in [5.74, 6) is -1.38. The highest BCUT2D eigenvalue weighted by Crippen LogP contribution is 2.25. The molecule has 1 heterocycles. The Labute approximate surface area is 159 Å². The van der Waals surface area contributed by atoms with Crippen molar-refractivity contribution in [2.45, 2.75) is 45.8 Å². The molecule has 2 atom stereocenters. The summed E-state index contributed by atoms with van der Waals surface area (Å²) in [7, 11) is 1.56. The van der Waals surface area contributed by atoms with Crippen LogP contribution in [0.1, 0.15) is 54.3 Å². The number of amides is 2. The highest BCUT2D eigenvalue weighted by molar-refractivity contribution is 5.98. The molecule has 0 unspecified atom stereocenters. The Kier molecular flexibility index (Phi) is 6.59. The van der Waals surface area contributed by atoms with Gasteiger partial charge in [0.25, 0.3) is 11.8 Å². The zero-order valence-electron chi connectivity index (χ0n) is 16.3. The van der Waals surface area contributed by atoms with Gasteiger partial charge >= 0.3 is 5.97 Å². The molecule has 0 saturated carbocycles. The van der Waals surface area contributed by atoms with Gasteiger partial charge in [-0.3, -0.25) is 14.4 Å². The van der Waals surface area contributed by atoms with E-state index in [2.05, 4.69) is 5.32 Å². The van der Waals surface area contributed by atoms with Gasteiger partial charge in [-0.1, -0.05) is 20.8 Å². The van der Waals surface area contributed by atoms with E-state index in [1.54, 1.807) is 36.3 Å². The second-order valence-electron chi connectivity index (χ2n) is 8.12. The minimum Gasteiger partial charge on any atom is -0.481 e. The first kappa shape index (κ1) is 20.9. The van der Waals surface area contributed by atoms with Crippen LogP contribution in [0.15, 0.2) is 24.3 Å². The largest absolute Gasteiger partial charge is 0.481 e. The zero-order valence-corrected chi connectivity index (χ0v) is 16.3. The van der Waals surface area contributed by atoms with Gasteiger partial charge in [0.2, 0.25) is 0 Å². The van der Waals surface area contributed by atoms with Crippen molar-refractivity contribution in [1.82, 2.24) is 10.2 Å². The molecule has 27 heavy (non-hydrogen) atoms. The maximum atomic E-state index is 12.8. The van der Waals surface area contributed by atoms with Crippen LogP contribution < -0.4 is 5.32 Å². The average molecular weight is 376 g/mol. The molecule has 1 aliphatic heterocycles. The number of carboxylic acid groups (broad SMARTS) is 1. The van der Waals surface area contributed by atoms with Crippen LogP contribution in [-0.2, 0) is 9.53 Å². The van der Waals surface area contributed by atoms with E-state index in [-0.39, 0.29) is 29.8 Å². The lowest BCUT2D eigenvalue weighted by atomic mass is 9.97. The summed E-state index contributed by atoms with van der Waals surface area (Å²) in [6.07, 6.45) is 0.224. The third kappa shape index (κ3) is 5.79. The lowest BCUT2D eigenvalue weighted by Crippen LogP contribution is -2.37. The van der Waals surface area contributed by atoms with E-state index >= 15 is 0 Å². The molecular weight excluding hydrogens is 348 g/mol. The molecule has 0 spiro atoms. The Balaban J connectivity index is 2.07. The van der Waals surface area contributed by atoms with E-state index in [0.29, 0.717) is 30.6 Å². The molecule has 1 aromatic carbocycles. The van der Waals surface area contributed by atoms with Crippen LogP contribution in [0.4, 0.5) is 0 Å². The third-order valence-corrected chi connectivity index (χ3v) is 4.55. The summed E-state index contributed by atoms with van der Waals surface area (Å²) in [5.41, 5.74) is 0.891. The number of nitrogens with one attached hydrogen (secondary N) is 1. The van der Waals surface area contributed by atoms with Gasteiger partial charge in [-0.25, -0.2) is 0 Å². The number of methoxy groups -OCH3 is 1. The topological polar surface area (TPSA) is 95.9 Å². The molecule has 0 radical (unpaired) electrons. The molecule has 7 nitrogen and oxygen atoms in total. The molecular formula is C20H28N2O5. The minimum absolute atomic E-state index is 0.0155. The number of aliphatic carboxylic acids is 1. The fourth-order valence-electron chi connectivity index (χ4n) is 3.07. The summed E-state index contributed by atoms with van der Waals surface area (Å²) < 4.78 is 5.30. The Morgan fingerprint density at radius 3 is 2.30 bits per heavy atom. The lowest BCUT2D eigenvalue weighted by molar-refractivity contribution is -0.138. The summed E-state index contributed by atoms with van der Waals surface area (Å²) in [4.78, 5) is 37.6. The monoisotopic (exact) mass is 376 g/mol. The van der Waals surface area contributed by atoms with E-state index < -0.39 is 12.0 Å². The molecule has 1 aliphatic rings. The Morgan fingerprint density at radius 1 is 1.19 bits per heavy atom. The molecule has 7 heteroatoms. The highest BCUT2D eigenvalue weighted by Gasteiger charge is 2.36. The van der Waals surface area contributed by atoms with Crippen molar-refractivity contribution >= 4 is 17.8 Å². The average Bonchev–Trinajstić information content (AvgIpc) is 3.00. The fraction of sp³-hybridized carbons (Fsp3) is 0.550. The van der Waals surface area contributed by atoms with E-state index in [1.807, 2.05) is 20.8 Å². The zero-order chi connectivity index (χ0) is 20.2. The first-order chi connectivity index (χ1) is 12.6. The SMILES string of the molecule is CO[C@H]1C[C@H](CC(=O)O)N(C(=O)c2ccc(C(=O)NCC(C)(C)C)cc2)C1. The maximum absolute atomic E-state index is 12.8. The van der Waals surface area contributed by atoms with Crippen molar-refractivity contribution in [2.24, 2.45) is 5.41 Å². The molecule has 2 rings (SSSR count). The number of carbonyl (C=O) groups is 3. The van der Waals surface area contributed by atoms with Gasteiger partial charge in [0.05, 0.1) is 12.5 Å². The molecule has 2 N–H and O–H groups in total. The van der Waals surface area contributed by atoms with Gasteiger partial charge in [0.1, 0.15) is 0 Å². The number of ether oxygens (including phenoxy) is 1. The smallest absolute Gasteiger partial charge is 0.305 e. The van der Waals surface area contributed by atoms with Gasteiger partial charge in [-0.05, 0) is 36.1 Å². The molecule has 0 aromatic heterocycles. The van der Waals surface area contributed by atoms with Crippen molar-refractivity contribution in [3.63, 3.8) is 0 Å². The van der Waals surface area contributed by atoms with Crippen molar-refractivity contribution in [1.29, 1.82) is 0 Å². The van der Waals surface area contributed by atoms with Crippen molar-refractivity contribution in [3.8, 4) is 0 Å². The number of carbonyl (C=O) groups excluding carboxylic acids is 2. The van der Waals surface area contributed by atoms with Crippen molar-refractivity contribution < 1.29 is 24.2 Å². The second kappa shape index (κ2) is 8.52. The van der Waals surface area contributed by atoms with Crippen LogP contribution in [0.25, 0.3) is 0 Å². The van der Waals surface area contributed by atoms with Gasteiger partial charge in [0.15, 0.2) is 0 Å². The third-order valence-electron chi connectivity index (χ3n) is 4.55. The van der Waals surface area contributed by atoms with Crippen LogP contribution in [0.3, 0.4) is 0 Å². The van der Waals surface area contributed by atoms with Crippen molar-refractivity contribution in [3.05, 3.63) is 35.4 Å². The summed E-state index contributed by atoms with van der Waals surface area (Å²) >= 11 is 0.